The Kier molecular flexibility index (Phi) is 3.14. The zero-order valence-electron chi connectivity index (χ0n) is 4.19. The van der Waals surface area contributed by atoms with Gasteiger partial charge in [-0.1, -0.05) is 0 Å². The van der Waals surface area contributed by atoms with E-state index in [0.717, 1.165) is 0 Å². The molecule has 5 heteroatoms. The highest BCUT2D eigenvalue weighted by molar-refractivity contribution is 5.85. The molecule has 0 aromatic heterocycles. The molecule has 46 valence electrons. The summed E-state index contributed by atoms with van der Waals surface area (Å²) in [5.74, 6) is 5.20. The number of nitrogens with zero attached hydrogens (tertiary/aromatic N) is 3. The first-order valence-corrected chi connectivity index (χ1v) is 1.92. The van der Waals surface area contributed by atoms with Crippen molar-refractivity contribution in [3.8, 4) is 0 Å². The van der Waals surface area contributed by atoms with Crippen LogP contribution in [-0.2, 0) is 0 Å². The van der Waals surface area contributed by atoms with Crippen LogP contribution in [0.15, 0.2) is 9.98 Å². The van der Waals surface area contributed by atoms with Gasteiger partial charge in [0.05, 0.1) is 0 Å². The first-order chi connectivity index (χ1) is 3.39. The quantitative estimate of drug-likeness (QED) is 0.459. The predicted octanol–water partition coefficient (Wildman–Crippen LogP) is -0.388. The molecule has 0 spiro atoms. The fourth-order valence-electron chi connectivity index (χ4n) is 0.330. The third-order valence-electron chi connectivity index (χ3n) is 0.608. The Hall–Kier alpha value is -0.610. The molecule has 1 heterocycles. The standard InChI is InChI=1S/C3H6N4.ClH/c4-7-2-5-1-6-3-7;/h1-2H,3-4H2;1H. The van der Waals surface area contributed by atoms with Crippen molar-refractivity contribution in [1.29, 1.82) is 0 Å². The molecule has 4 nitrogen and oxygen atoms in total. The summed E-state index contributed by atoms with van der Waals surface area (Å²) in [6.45, 7) is 0.517. The molecule has 2 N–H and O–H groups in total. The van der Waals surface area contributed by atoms with Crippen molar-refractivity contribution in [1.82, 2.24) is 5.01 Å². The van der Waals surface area contributed by atoms with Crippen molar-refractivity contribution < 1.29 is 0 Å². The molecule has 0 radical (unpaired) electrons. The maximum absolute atomic E-state index is 5.20. The van der Waals surface area contributed by atoms with Gasteiger partial charge >= 0.3 is 0 Å². The second-order valence-electron chi connectivity index (χ2n) is 1.22. The molecular formula is C3H7ClN4. The van der Waals surface area contributed by atoms with E-state index in [1.807, 2.05) is 0 Å². The van der Waals surface area contributed by atoms with Crippen molar-refractivity contribution in [2.75, 3.05) is 6.67 Å². The van der Waals surface area contributed by atoms with Crippen LogP contribution < -0.4 is 5.84 Å². The van der Waals surface area contributed by atoms with E-state index in [4.69, 9.17) is 5.84 Å². The number of hydrogen-bond donors (Lipinski definition) is 1. The number of hydrogen-bond acceptors (Lipinski definition) is 4. The van der Waals surface area contributed by atoms with Gasteiger partial charge in [0.15, 0.2) is 0 Å². The molecule has 0 saturated heterocycles. The van der Waals surface area contributed by atoms with Crippen molar-refractivity contribution in [3.63, 3.8) is 0 Å². The van der Waals surface area contributed by atoms with Crippen LogP contribution in [-0.4, -0.2) is 24.4 Å². The smallest absolute Gasteiger partial charge is 0.127 e. The van der Waals surface area contributed by atoms with Crippen LogP contribution in [0.3, 0.4) is 0 Å². The molecule has 0 saturated carbocycles. The van der Waals surface area contributed by atoms with Crippen LogP contribution in [0.2, 0.25) is 0 Å². The normalized spacial score (nSPS) is 15.9. The lowest BCUT2D eigenvalue weighted by atomic mass is 10.9. The van der Waals surface area contributed by atoms with E-state index in [1.165, 1.54) is 17.7 Å². The van der Waals surface area contributed by atoms with E-state index in [0.29, 0.717) is 6.67 Å². The molecule has 0 aliphatic carbocycles. The maximum atomic E-state index is 5.20. The molecule has 0 aromatic carbocycles. The van der Waals surface area contributed by atoms with E-state index in [9.17, 15) is 0 Å². The lowest BCUT2D eigenvalue weighted by molar-refractivity contribution is 0.466. The fraction of sp³-hybridized carbons (Fsp3) is 0.333. The molecule has 1 aliphatic heterocycles. The van der Waals surface area contributed by atoms with E-state index in [-0.39, 0.29) is 12.4 Å². The van der Waals surface area contributed by atoms with Crippen molar-refractivity contribution >= 4 is 25.1 Å². The molecule has 1 aliphatic rings. The molecule has 0 amide bonds. The third kappa shape index (κ3) is 1.90. The Labute approximate surface area is 53.5 Å². The maximum Gasteiger partial charge on any atom is 0.127 e. The summed E-state index contributed by atoms with van der Waals surface area (Å²) in [5.41, 5.74) is 0. The molecule has 0 unspecified atom stereocenters. The molecule has 0 bridgehead atoms. The molecule has 0 aromatic rings. The lowest BCUT2D eigenvalue weighted by Gasteiger charge is -2.09. The van der Waals surface area contributed by atoms with Gasteiger partial charge in [0.25, 0.3) is 0 Å². The van der Waals surface area contributed by atoms with Gasteiger partial charge in [0.1, 0.15) is 19.3 Å². The van der Waals surface area contributed by atoms with Crippen molar-refractivity contribution in [3.05, 3.63) is 0 Å². The minimum absolute atomic E-state index is 0. The molecule has 8 heavy (non-hydrogen) atoms. The summed E-state index contributed by atoms with van der Waals surface area (Å²) in [6.07, 6.45) is 3.00. The second-order valence-corrected chi connectivity index (χ2v) is 1.22. The summed E-state index contributed by atoms with van der Waals surface area (Å²) < 4.78 is 0. The first kappa shape index (κ1) is 7.39. The minimum Gasteiger partial charge on any atom is -0.279 e. The molecule has 0 fully saturated rings. The number of hydrazine groups is 1. The average Bonchev–Trinajstić information content (AvgIpc) is 1.69. The van der Waals surface area contributed by atoms with Crippen molar-refractivity contribution in [2.45, 2.75) is 0 Å². The van der Waals surface area contributed by atoms with E-state index >= 15 is 0 Å². The summed E-state index contributed by atoms with van der Waals surface area (Å²) in [7, 11) is 0. The van der Waals surface area contributed by atoms with E-state index in [2.05, 4.69) is 9.98 Å². The van der Waals surface area contributed by atoms with Crippen LogP contribution in [0.1, 0.15) is 0 Å². The first-order valence-electron chi connectivity index (χ1n) is 1.92. The summed E-state index contributed by atoms with van der Waals surface area (Å²) >= 11 is 0. The van der Waals surface area contributed by atoms with Gasteiger partial charge in [-0.15, -0.1) is 12.4 Å². The van der Waals surface area contributed by atoms with Crippen LogP contribution in [0.5, 0.6) is 0 Å². The Morgan fingerprint density at radius 3 is 2.62 bits per heavy atom. The summed E-state index contributed by atoms with van der Waals surface area (Å²) in [4.78, 5) is 7.38. The van der Waals surface area contributed by atoms with Gasteiger partial charge in [0, 0.05) is 0 Å². The van der Waals surface area contributed by atoms with Crippen LogP contribution in [0.25, 0.3) is 0 Å². The number of halogens is 1. The molecule has 0 atom stereocenters. The third-order valence-corrected chi connectivity index (χ3v) is 0.608. The van der Waals surface area contributed by atoms with E-state index < -0.39 is 0 Å². The number of nitrogens with two attached hydrogens (primary N) is 1. The van der Waals surface area contributed by atoms with Gasteiger partial charge in [-0.3, -0.25) is 10.0 Å². The largest absolute Gasteiger partial charge is 0.279 e. The van der Waals surface area contributed by atoms with Crippen LogP contribution >= 0.6 is 12.4 Å². The minimum atomic E-state index is 0. The average molecular weight is 135 g/mol. The van der Waals surface area contributed by atoms with Crippen LogP contribution in [0, 0.1) is 0 Å². The highest BCUT2D eigenvalue weighted by Crippen LogP contribution is 1.77. The van der Waals surface area contributed by atoms with Crippen LogP contribution in [0.4, 0.5) is 0 Å². The number of aliphatic imine (C=N–C) groups is 2. The highest BCUT2D eigenvalue weighted by Gasteiger charge is 1.88. The Balaban J connectivity index is 0.000000490. The SMILES string of the molecule is Cl.NN1C=NC=NC1. The zero-order valence-corrected chi connectivity index (χ0v) is 5.01. The fourth-order valence-corrected chi connectivity index (χ4v) is 0.330. The molecule has 1 rings (SSSR count). The Morgan fingerprint density at radius 2 is 2.38 bits per heavy atom. The second kappa shape index (κ2) is 3.40. The monoisotopic (exact) mass is 134 g/mol. The topological polar surface area (TPSA) is 54.0 Å². The van der Waals surface area contributed by atoms with Gasteiger partial charge < -0.3 is 0 Å². The molecular weight excluding hydrogens is 128 g/mol. The Morgan fingerprint density at radius 1 is 1.62 bits per heavy atom. The zero-order chi connectivity index (χ0) is 5.11. The van der Waals surface area contributed by atoms with Gasteiger partial charge in [-0.25, -0.2) is 10.8 Å². The summed E-state index contributed by atoms with van der Waals surface area (Å²) in [6, 6.07) is 0. The predicted molar refractivity (Wildman–Crippen MR) is 35.1 cm³/mol. The van der Waals surface area contributed by atoms with Crippen molar-refractivity contribution in [2.24, 2.45) is 15.8 Å². The van der Waals surface area contributed by atoms with Gasteiger partial charge in [-0.05, 0) is 0 Å². The Bertz CT molecular complexity index is 110. The highest BCUT2D eigenvalue weighted by atomic mass is 35.5. The van der Waals surface area contributed by atoms with Gasteiger partial charge in [-0.2, -0.15) is 0 Å². The lowest BCUT2D eigenvalue weighted by Crippen LogP contribution is -2.31. The van der Waals surface area contributed by atoms with Gasteiger partial charge in [0.2, 0.25) is 0 Å². The number of rotatable bonds is 0. The van der Waals surface area contributed by atoms with E-state index in [1.54, 1.807) is 0 Å². The summed E-state index contributed by atoms with van der Waals surface area (Å²) in [5, 5.41) is 1.40.